The van der Waals surface area contributed by atoms with Crippen molar-refractivity contribution in [2.24, 2.45) is 0 Å². The molecule has 228 valence electrons. The number of esters is 1. The molecule has 0 unspecified atom stereocenters. The summed E-state index contributed by atoms with van der Waals surface area (Å²) >= 11 is 0. The third-order valence-electron chi connectivity index (χ3n) is 8.48. The molecule has 1 saturated heterocycles. The summed E-state index contributed by atoms with van der Waals surface area (Å²) < 4.78 is 52.4. The Bertz CT molecular complexity index is 1630. The molecule has 3 aliphatic rings. The van der Waals surface area contributed by atoms with Gasteiger partial charge in [-0.1, -0.05) is 12.1 Å². The van der Waals surface area contributed by atoms with E-state index in [2.05, 4.69) is 6.07 Å². The van der Waals surface area contributed by atoms with Gasteiger partial charge >= 0.3 is 5.97 Å². The number of fused-ring (bicyclic) bond motifs is 4. The zero-order valence-electron chi connectivity index (χ0n) is 24.4. The first-order valence-electron chi connectivity index (χ1n) is 14.5. The molecule has 1 N–H and O–H groups in total. The number of carbonyl (C=O) groups excluding carboxylic acids is 1. The first-order valence-corrected chi connectivity index (χ1v) is 16.3. The lowest BCUT2D eigenvalue weighted by Gasteiger charge is -2.31. The summed E-state index contributed by atoms with van der Waals surface area (Å²) in [6, 6.07) is 15.8. The van der Waals surface area contributed by atoms with Crippen LogP contribution < -0.4 is 14.2 Å². The Kier molecular flexibility index (Phi) is 8.10. The van der Waals surface area contributed by atoms with E-state index in [1.54, 1.807) is 0 Å². The summed E-state index contributed by atoms with van der Waals surface area (Å²) in [5.41, 5.74) is 6.02. The lowest BCUT2D eigenvalue weighted by molar-refractivity contribution is -0.143. The summed E-state index contributed by atoms with van der Waals surface area (Å²) in [5, 5.41) is 10.9. The first kappa shape index (κ1) is 29.5. The standard InChI is InChI=1S/C33H36O9S/c1-21-13-26(42-20-33(35)8-11-43(36,37)12-9-33)15-23-7-10-39-29-6-3-22(14-28(29)32(21)23)18-40-25-4-5-27-24(16-25)19-41-30(27)17-31(34)38-2/h3-6,13-16,30,35H,7-12,17-20H2,1-2H3/t30-/m0/s1. The normalized spacial score (nSPS) is 19.7. The van der Waals surface area contributed by atoms with Gasteiger partial charge in [-0.2, -0.15) is 0 Å². The molecule has 6 rings (SSSR count). The van der Waals surface area contributed by atoms with E-state index in [1.165, 1.54) is 7.11 Å². The number of methoxy groups -OCH3 is 1. The maximum Gasteiger partial charge on any atom is 0.308 e. The Labute approximate surface area is 251 Å². The SMILES string of the molecule is COC(=O)C[C@@H]1OCc2cc(OCc3ccc4c(c3)-c3c(C)cc(OCC5(O)CCS(=O)(=O)CC5)cc3CCO4)ccc21. The Morgan fingerprint density at radius 1 is 1.02 bits per heavy atom. The van der Waals surface area contributed by atoms with Gasteiger partial charge < -0.3 is 28.8 Å². The summed E-state index contributed by atoms with van der Waals surface area (Å²) in [4.78, 5) is 11.7. The van der Waals surface area contributed by atoms with E-state index in [9.17, 15) is 18.3 Å². The van der Waals surface area contributed by atoms with Gasteiger partial charge in [0.25, 0.3) is 0 Å². The molecule has 0 aromatic heterocycles. The van der Waals surface area contributed by atoms with Crippen LogP contribution in [0.4, 0.5) is 0 Å². The fourth-order valence-electron chi connectivity index (χ4n) is 5.99. The number of carbonyl (C=O) groups is 1. The van der Waals surface area contributed by atoms with Crippen LogP contribution in [0.15, 0.2) is 48.5 Å². The van der Waals surface area contributed by atoms with Crippen molar-refractivity contribution in [2.75, 3.05) is 31.8 Å². The van der Waals surface area contributed by atoms with Crippen molar-refractivity contribution in [2.45, 2.75) is 57.5 Å². The number of ether oxygens (including phenoxy) is 5. The molecule has 0 radical (unpaired) electrons. The van der Waals surface area contributed by atoms with E-state index in [1.807, 2.05) is 49.4 Å². The predicted octanol–water partition coefficient (Wildman–Crippen LogP) is 4.63. The fraction of sp³-hybridized carbons (Fsp3) is 0.424. The van der Waals surface area contributed by atoms with Crippen LogP contribution in [0.5, 0.6) is 17.2 Å². The average Bonchev–Trinajstić information content (AvgIpc) is 3.28. The number of hydrogen-bond acceptors (Lipinski definition) is 9. The van der Waals surface area contributed by atoms with Crippen molar-refractivity contribution in [3.63, 3.8) is 0 Å². The Balaban J connectivity index is 1.16. The highest BCUT2D eigenvalue weighted by atomic mass is 32.2. The molecule has 0 amide bonds. The number of rotatable bonds is 8. The smallest absolute Gasteiger partial charge is 0.308 e. The molecule has 0 spiro atoms. The monoisotopic (exact) mass is 608 g/mol. The van der Waals surface area contributed by atoms with Crippen molar-refractivity contribution >= 4 is 15.8 Å². The Morgan fingerprint density at radius 3 is 2.60 bits per heavy atom. The molecule has 0 bridgehead atoms. The topological polar surface area (TPSA) is 118 Å². The van der Waals surface area contributed by atoms with E-state index < -0.39 is 15.4 Å². The van der Waals surface area contributed by atoms with Gasteiger partial charge in [0.05, 0.1) is 44.4 Å². The van der Waals surface area contributed by atoms with Gasteiger partial charge in [-0.15, -0.1) is 0 Å². The van der Waals surface area contributed by atoms with Crippen LogP contribution in [-0.4, -0.2) is 56.9 Å². The second-order valence-corrected chi connectivity index (χ2v) is 13.9. The maximum absolute atomic E-state index is 11.8. The molecule has 3 aliphatic heterocycles. The van der Waals surface area contributed by atoms with Gasteiger partial charge in [0.2, 0.25) is 0 Å². The summed E-state index contributed by atoms with van der Waals surface area (Å²) in [5.74, 6) is 1.84. The number of hydrogen-bond donors (Lipinski definition) is 1. The quantitative estimate of drug-likeness (QED) is 0.365. The molecular weight excluding hydrogens is 572 g/mol. The first-order chi connectivity index (χ1) is 20.6. The Hall–Kier alpha value is -3.60. The molecular formula is C33H36O9S. The van der Waals surface area contributed by atoms with Crippen molar-refractivity contribution < 1.29 is 42.0 Å². The number of benzene rings is 3. The molecule has 3 aromatic rings. The van der Waals surface area contributed by atoms with E-state index in [-0.39, 0.29) is 49.4 Å². The van der Waals surface area contributed by atoms with E-state index in [0.29, 0.717) is 32.0 Å². The van der Waals surface area contributed by atoms with E-state index in [0.717, 1.165) is 50.4 Å². The zero-order valence-corrected chi connectivity index (χ0v) is 25.2. The fourth-order valence-corrected chi connectivity index (χ4v) is 7.58. The van der Waals surface area contributed by atoms with Gasteiger partial charge in [0.15, 0.2) is 9.84 Å². The third-order valence-corrected chi connectivity index (χ3v) is 10.1. The third kappa shape index (κ3) is 6.51. The van der Waals surface area contributed by atoms with E-state index in [4.69, 9.17) is 23.7 Å². The molecule has 1 fully saturated rings. The molecule has 3 aromatic carbocycles. The van der Waals surface area contributed by atoms with Crippen molar-refractivity contribution in [3.8, 4) is 28.4 Å². The maximum atomic E-state index is 11.8. The molecule has 43 heavy (non-hydrogen) atoms. The van der Waals surface area contributed by atoms with Crippen LogP contribution in [0.1, 0.15) is 53.2 Å². The van der Waals surface area contributed by atoms with Crippen LogP contribution in [0.2, 0.25) is 0 Å². The highest BCUT2D eigenvalue weighted by Gasteiger charge is 2.36. The molecule has 0 saturated carbocycles. The summed E-state index contributed by atoms with van der Waals surface area (Å²) in [6.45, 7) is 3.40. The molecule has 1 atom stereocenters. The van der Waals surface area contributed by atoms with Gasteiger partial charge in [-0.25, -0.2) is 8.42 Å². The minimum absolute atomic E-state index is 0.0192. The number of sulfone groups is 1. The zero-order chi connectivity index (χ0) is 30.2. The lowest BCUT2D eigenvalue weighted by atomic mass is 9.92. The van der Waals surface area contributed by atoms with Gasteiger partial charge in [-0.3, -0.25) is 4.79 Å². The van der Waals surface area contributed by atoms with E-state index >= 15 is 0 Å². The van der Waals surface area contributed by atoms with Gasteiger partial charge in [0, 0.05) is 12.0 Å². The highest BCUT2D eigenvalue weighted by Crippen LogP contribution is 2.41. The molecule has 10 heteroatoms. The largest absolute Gasteiger partial charge is 0.493 e. The van der Waals surface area contributed by atoms with Crippen molar-refractivity contribution in [3.05, 3.63) is 76.3 Å². The number of aryl methyl sites for hydroxylation is 1. The lowest BCUT2D eigenvalue weighted by Crippen LogP contribution is -2.43. The highest BCUT2D eigenvalue weighted by molar-refractivity contribution is 7.91. The second-order valence-electron chi connectivity index (χ2n) is 11.6. The van der Waals surface area contributed by atoms with Gasteiger partial charge in [-0.05, 0) is 89.5 Å². The molecule has 3 heterocycles. The van der Waals surface area contributed by atoms with Crippen LogP contribution >= 0.6 is 0 Å². The average molecular weight is 609 g/mol. The molecule has 9 nitrogen and oxygen atoms in total. The van der Waals surface area contributed by atoms with Crippen molar-refractivity contribution in [1.29, 1.82) is 0 Å². The minimum Gasteiger partial charge on any atom is -0.493 e. The Morgan fingerprint density at radius 2 is 1.81 bits per heavy atom. The predicted molar refractivity (Wildman–Crippen MR) is 159 cm³/mol. The van der Waals surface area contributed by atoms with Crippen LogP contribution in [0, 0.1) is 6.92 Å². The summed E-state index contributed by atoms with van der Waals surface area (Å²) in [6.07, 6.45) is 0.946. The van der Waals surface area contributed by atoms with Gasteiger partial charge in [0.1, 0.15) is 36.1 Å². The van der Waals surface area contributed by atoms with Crippen LogP contribution in [-0.2, 0) is 43.7 Å². The molecule has 0 aliphatic carbocycles. The van der Waals surface area contributed by atoms with Crippen LogP contribution in [0.3, 0.4) is 0 Å². The second kappa shape index (κ2) is 11.8. The van der Waals surface area contributed by atoms with Crippen molar-refractivity contribution in [1.82, 2.24) is 0 Å². The number of aliphatic hydroxyl groups is 1. The summed E-state index contributed by atoms with van der Waals surface area (Å²) in [7, 11) is -1.70. The minimum atomic E-state index is -3.08. The van der Waals surface area contributed by atoms with Crippen LogP contribution in [0.25, 0.3) is 11.1 Å².